The molecule has 2 heterocycles. The molecule has 2 aromatic carbocycles. The predicted octanol–water partition coefficient (Wildman–Crippen LogP) is 7.66. The van der Waals surface area contributed by atoms with E-state index in [-0.39, 0.29) is 30.5 Å². The Balaban J connectivity index is 1.50. The number of phenolic OH excluding ortho intramolecular Hbond substituents is 1. The molecule has 246 valence electrons. The summed E-state index contributed by atoms with van der Waals surface area (Å²) in [4.78, 5) is 28.1. The zero-order valence-electron chi connectivity index (χ0n) is 25.5. The number of carbonyl (C=O) groups is 2. The highest BCUT2D eigenvalue weighted by atomic mass is 19.4. The van der Waals surface area contributed by atoms with Crippen molar-refractivity contribution in [3.05, 3.63) is 75.9 Å². The van der Waals surface area contributed by atoms with E-state index in [4.69, 9.17) is 4.65 Å². The first-order chi connectivity index (χ1) is 21.5. The van der Waals surface area contributed by atoms with E-state index in [0.29, 0.717) is 41.9 Å². The maximum absolute atomic E-state index is 13.9. The molecule has 0 spiro atoms. The van der Waals surface area contributed by atoms with Crippen molar-refractivity contribution < 1.29 is 50.7 Å². The van der Waals surface area contributed by atoms with Gasteiger partial charge in [-0.2, -0.15) is 26.3 Å². The monoisotopic (exact) mass is 649 g/mol. The maximum Gasteiger partial charge on any atom is 0.455 e. The van der Waals surface area contributed by atoms with Crippen LogP contribution in [0.1, 0.15) is 63.1 Å². The molecule has 46 heavy (non-hydrogen) atoms. The molecule has 0 radical (unpaired) electrons. The molecule has 5 rings (SSSR count). The van der Waals surface area contributed by atoms with E-state index in [9.17, 15) is 46.1 Å². The number of amides is 2. The molecule has 0 aromatic heterocycles. The number of para-hydroxylation sites is 1. The van der Waals surface area contributed by atoms with Crippen LogP contribution >= 0.6 is 0 Å². The van der Waals surface area contributed by atoms with Gasteiger partial charge < -0.3 is 14.8 Å². The predicted molar refractivity (Wildman–Crippen MR) is 159 cm³/mol. The fraction of sp³-hybridized carbons (Fsp3) is 0.455. The quantitative estimate of drug-likeness (QED) is 0.139. The van der Waals surface area contributed by atoms with Gasteiger partial charge in [-0.1, -0.05) is 56.2 Å². The average molecular weight is 649 g/mol. The molecule has 4 atom stereocenters. The van der Waals surface area contributed by atoms with E-state index in [1.807, 2.05) is 26.8 Å². The Labute approximate surface area is 262 Å². The van der Waals surface area contributed by atoms with Crippen molar-refractivity contribution in [1.29, 1.82) is 0 Å². The standard InChI is InChI=1S/C33H34BF6NO5/c1-4-18(11-19-7-5-6-8-26(19)42)9-10-27-28-23(17(2)3)15-24-29(25(28)16-34(45)46-27)31(44)41(30(24)43)22-13-20(32(35,36)37)12-21(14-22)33(38,39)40/h5-8,11-14,17,24-25,27,29,42,45H,4,9-10,15-16H2,1-3H3/b18-11+/t24-,25+,27-,29-/m1/s1. The highest BCUT2D eigenvalue weighted by Gasteiger charge is 2.58. The van der Waals surface area contributed by atoms with Gasteiger partial charge in [0.25, 0.3) is 0 Å². The van der Waals surface area contributed by atoms with Gasteiger partial charge in [-0.3, -0.25) is 9.59 Å². The van der Waals surface area contributed by atoms with Crippen molar-refractivity contribution in [2.45, 2.75) is 71.2 Å². The van der Waals surface area contributed by atoms with Gasteiger partial charge >= 0.3 is 19.5 Å². The summed E-state index contributed by atoms with van der Waals surface area (Å²) in [6.45, 7) is 5.77. The molecule has 1 aliphatic carbocycles. The molecule has 0 saturated carbocycles. The van der Waals surface area contributed by atoms with E-state index < -0.39 is 72.0 Å². The Morgan fingerprint density at radius 2 is 1.65 bits per heavy atom. The Kier molecular flexibility index (Phi) is 9.22. The Hall–Kier alpha value is -3.58. The number of phenols is 1. The zero-order valence-corrected chi connectivity index (χ0v) is 25.5. The van der Waals surface area contributed by atoms with Crippen molar-refractivity contribution >= 4 is 30.7 Å². The van der Waals surface area contributed by atoms with Crippen LogP contribution in [0.5, 0.6) is 5.75 Å². The van der Waals surface area contributed by atoms with Gasteiger partial charge in [-0.15, -0.1) is 0 Å². The summed E-state index contributed by atoms with van der Waals surface area (Å²) >= 11 is 0. The molecule has 2 saturated heterocycles. The number of allylic oxidation sites excluding steroid dienone is 2. The zero-order chi connectivity index (χ0) is 33.7. The van der Waals surface area contributed by atoms with Gasteiger partial charge in [0.05, 0.1) is 34.8 Å². The van der Waals surface area contributed by atoms with Crippen molar-refractivity contribution in [3.8, 4) is 5.75 Å². The second kappa shape index (κ2) is 12.6. The third-order valence-electron chi connectivity index (χ3n) is 9.25. The summed E-state index contributed by atoms with van der Waals surface area (Å²) in [6.07, 6.45) is -7.47. The minimum absolute atomic E-state index is 0.0459. The first-order valence-corrected chi connectivity index (χ1v) is 15.2. The Bertz CT molecular complexity index is 1550. The van der Waals surface area contributed by atoms with Crippen molar-refractivity contribution in [2.75, 3.05) is 4.90 Å². The van der Waals surface area contributed by atoms with Crippen LogP contribution in [-0.4, -0.2) is 35.2 Å². The maximum atomic E-state index is 13.9. The van der Waals surface area contributed by atoms with E-state index in [0.717, 1.165) is 16.7 Å². The molecule has 3 aliphatic rings. The average Bonchev–Trinajstić information content (AvgIpc) is 3.23. The molecule has 13 heteroatoms. The van der Waals surface area contributed by atoms with Crippen molar-refractivity contribution in [1.82, 2.24) is 0 Å². The minimum atomic E-state index is -5.16. The second-order valence-electron chi connectivity index (χ2n) is 12.4. The van der Waals surface area contributed by atoms with Crippen LogP contribution in [0.15, 0.2) is 59.2 Å². The van der Waals surface area contributed by atoms with Crippen LogP contribution in [0.4, 0.5) is 32.0 Å². The number of imide groups is 1. The fourth-order valence-electron chi connectivity index (χ4n) is 7.07. The molecule has 2 aromatic rings. The third kappa shape index (κ3) is 6.49. The molecule has 2 aliphatic heterocycles. The number of rotatable bonds is 7. The lowest BCUT2D eigenvalue weighted by atomic mass is 9.57. The van der Waals surface area contributed by atoms with Gasteiger partial charge in [0.1, 0.15) is 5.75 Å². The number of alkyl halides is 6. The highest BCUT2D eigenvalue weighted by molar-refractivity contribution is 6.43. The van der Waals surface area contributed by atoms with E-state index in [1.165, 1.54) is 0 Å². The van der Waals surface area contributed by atoms with Crippen LogP contribution in [-0.2, 0) is 26.6 Å². The first-order valence-electron chi connectivity index (χ1n) is 15.2. The molecular weight excluding hydrogens is 615 g/mol. The Morgan fingerprint density at radius 3 is 2.22 bits per heavy atom. The third-order valence-corrected chi connectivity index (χ3v) is 9.25. The molecule has 0 unspecified atom stereocenters. The molecular formula is C33H34BF6NO5. The number of fused-ring (bicyclic) bond motifs is 3. The molecule has 6 nitrogen and oxygen atoms in total. The number of nitrogens with zero attached hydrogens (tertiary/aromatic N) is 1. The van der Waals surface area contributed by atoms with Crippen LogP contribution in [0, 0.1) is 23.7 Å². The van der Waals surface area contributed by atoms with E-state index in [1.54, 1.807) is 24.3 Å². The van der Waals surface area contributed by atoms with Crippen LogP contribution in [0.3, 0.4) is 0 Å². The summed E-state index contributed by atoms with van der Waals surface area (Å²) in [6, 6.07) is 7.61. The minimum Gasteiger partial charge on any atom is -0.507 e. The number of halogens is 6. The highest BCUT2D eigenvalue weighted by Crippen LogP contribution is 2.53. The van der Waals surface area contributed by atoms with Crippen molar-refractivity contribution in [3.63, 3.8) is 0 Å². The largest absolute Gasteiger partial charge is 0.507 e. The SMILES string of the molecule is CC/C(=C\c1ccccc1O)CC[C@H]1OB(O)C[C@H]2C1=C(C(C)C)C[C@H]1C(=O)N(c3cc(C(F)(F)F)cc(C(F)(F)F)c3)C(=O)[C@H]12. The van der Waals surface area contributed by atoms with Crippen LogP contribution < -0.4 is 4.90 Å². The van der Waals surface area contributed by atoms with Crippen molar-refractivity contribution in [2.24, 2.45) is 23.7 Å². The normalized spacial score (nSPS) is 24.2. The number of benzene rings is 2. The summed E-state index contributed by atoms with van der Waals surface area (Å²) < 4.78 is 87.8. The molecule has 2 N–H and O–H groups in total. The van der Waals surface area contributed by atoms with Gasteiger partial charge in [0.15, 0.2) is 0 Å². The molecule has 2 amide bonds. The molecule has 0 bridgehead atoms. The number of aromatic hydroxyl groups is 1. The van der Waals surface area contributed by atoms with E-state index >= 15 is 0 Å². The van der Waals surface area contributed by atoms with Crippen LogP contribution in [0.25, 0.3) is 6.08 Å². The number of carbonyl (C=O) groups excluding carboxylic acids is 2. The topological polar surface area (TPSA) is 87.1 Å². The molecule has 2 fully saturated rings. The Morgan fingerprint density at radius 1 is 1.02 bits per heavy atom. The van der Waals surface area contributed by atoms with Gasteiger partial charge in [-0.25, -0.2) is 4.90 Å². The number of hydrogen-bond donors (Lipinski definition) is 2. The summed E-state index contributed by atoms with van der Waals surface area (Å²) in [7, 11) is -1.31. The summed E-state index contributed by atoms with van der Waals surface area (Å²) in [5, 5.41) is 21.0. The second-order valence-corrected chi connectivity index (χ2v) is 12.4. The summed E-state index contributed by atoms with van der Waals surface area (Å²) in [5.74, 6) is -4.56. The number of anilines is 1. The van der Waals surface area contributed by atoms with Gasteiger partial charge in [0, 0.05) is 5.56 Å². The lowest BCUT2D eigenvalue weighted by molar-refractivity contribution is -0.143. The van der Waals surface area contributed by atoms with Crippen LogP contribution in [0.2, 0.25) is 6.32 Å². The smallest absolute Gasteiger partial charge is 0.455 e. The lowest BCUT2D eigenvalue weighted by Crippen LogP contribution is -2.46. The van der Waals surface area contributed by atoms with E-state index in [2.05, 4.69) is 0 Å². The fourth-order valence-corrected chi connectivity index (χ4v) is 7.07. The summed E-state index contributed by atoms with van der Waals surface area (Å²) in [5.41, 5.74) is -0.825. The number of hydrogen-bond acceptors (Lipinski definition) is 5. The lowest BCUT2D eigenvalue weighted by Gasteiger charge is -2.44. The first kappa shape index (κ1) is 33.8. The van der Waals surface area contributed by atoms with Gasteiger partial charge in [0.2, 0.25) is 11.8 Å². The van der Waals surface area contributed by atoms with Gasteiger partial charge in [-0.05, 0) is 73.7 Å².